The Balaban J connectivity index is 3.31. The lowest BCUT2D eigenvalue weighted by atomic mass is 10.2. The smallest absolute Gasteiger partial charge is 0.321 e. The first-order valence-electron chi connectivity index (χ1n) is 8.18. The molecule has 1 amide bonds. The average molecular weight is 477 g/mol. The van der Waals surface area contributed by atoms with Crippen molar-refractivity contribution < 1.29 is 49.0 Å². The van der Waals surface area contributed by atoms with E-state index >= 15 is 0 Å². The summed E-state index contributed by atoms with van der Waals surface area (Å²) < 4.78 is 119. The molecule has 1 unspecified atom stereocenters. The second kappa shape index (κ2) is 8.90. The topological polar surface area (TPSA) is 38.3 Å². The van der Waals surface area contributed by atoms with Crippen molar-refractivity contribution in [2.45, 2.75) is 30.7 Å². The van der Waals surface area contributed by atoms with Crippen LogP contribution in [0.2, 0.25) is 0 Å². The van der Waals surface area contributed by atoms with Gasteiger partial charge in [0.15, 0.2) is 8.07 Å². The van der Waals surface area contributed by atoms with Gasteiger partial charge in [-0.15, -0.1) is 19.7 Å². The fraction of sp³-hybridized carbons (Fsp3) is 0.278. The summed E-state index contributed by atoms with van der Waals surface area (Å²) in [7, 11) is -2.78. The molecule has 1 atom stereocenters. The van der Waals surface area contributed by atoms with Crippen LogP contribution in [0, 0.1) is 0 Å². The van der Waals surface area contributed by atoms with E-state index in [-0.39, 0.29) is 0 Å². The number of rotatable bonds is 9. The van der Waals surface area contributed by atoms with Gasteiger partial charge in [-0.2, -0.15) is 39.5 Å². The van der Waals surface area contributed by atoms with Gasteiger partial charge in [0.2, 0.25) is 0 Å². The summed E-state index contributed by atoms with van der Waals surface area (Å²) in [5, 5.41) is 1.78. The van der Waals surface area contributed by atoms with Crippen LogP contribution in [-0.4, -0.2) is 38.3 Å². The molecule has 0 heterocycles. The predicted molar refractivity (Wildman–Crippen MR) is 97.6 cm³/mol. The number of ether oxygens (including phenoxy) is 1. The van der Waals surface area contributed by atoms with Crippen molar-refractivity contribution in [3.05, 3.63) is 61.1 Å². The lowest BCUT2D eigenvalue weighted by molar-refractivity contribution is -0.405. The van der Waals surface area contributed by atoms with Gasteiger partial charge in [0, 0.05) is 5.69 Å². The molecule has 31 heavy (non-hydrogen) atoms. The fourth-order valence-corrected chi connectivity index (χ4v) is 4.39. The molecule has 0 bridgehead atoms. The van der Waals surface area contributed by atoms with Crippen molar-refractivity contribution in [1.29, 1.82) is 0 Å². The number of carbonyl (C=O) groups is 1. The maximum absolute atomic E-state index is 14.3. The lowest BCUT2D eigenvalue weighted by Crippen LogP contribution is -2.56. The van der Waals surface area contributed by atoms with E-state index in [4.69, 9.17) is 0 Å². The van der Waals surface area contributed by atoms with Crippen molar-refractivity contribution >= 4 is 24.9 Å². The SMILES string of the molecule is C=C[Si](C=C)(C=C)c1cccc(NC(=O)C(F)(OC(F)(F)CC(F)(F)F)C(F)(F)F)c1. The zero-order chi connectivity index (χ0) is 24.3. The van der Waals surface area contributed by atoms with E-state index in [9.17, 15) is 44.3 Å². The zero-order valence-corrected chi connectivity index (χ0v) is 16.6. The summed E-state index contributed by atoms with van der Waals surface area (Å²) in [4.78, 5) is 11.9. The first kappa shape index (κ1) is 26.5. The van der Waals surface area contributed by atoms with E-state index in [1.807, 2.05) is 0 Å². The van der Waals surface area contributed by atoms with Gasteiger partial charge >= 0.3 is 24.3 Å². The molecule has 0 radical (unpaired) electrons. The highest BCUT2D eigenvalue weighted by atomic mass is 28.3. The number of halogens is 9. The molecule has 3 nitrogen and oxygen atoms in total. The van der Waals surface area contributed by atoms with Gasteiger partial charge < -0.3 is 5.32 Å². The molecule has 0 aliphatic carbocycles. The Labute approximate surface area is 171 Å². The van der Waals surface area contributed by atoms with Crippen LogP contribution in [0.3, 0.4) is 0 Å². The number of carbonyl (C=O) groups excluding carboxylic acids is 1. The Kier molecular flexibility index (Phi) is 7.61. The molecular weight excluding hydrogens is 461 g/mol. The molecule has 0 aliphatic heterocycles. The van der Waals surface area contributed by atoms with E-state index in [0.717, 1.165) is 12.1 Å². The van der Waals surface area contributed by atoms with E-state index < -0.39 is 50.4 Å². The van der Waals surface area contributed by atoms with Gasteiger partial charge in [-0.3, -0.25) is 9.53 Å². The van der Waals surface area contributed by atoms with Crippen LogP contribution in [0.1, 0.15) is 6.42 Å². The third kappa shape index (κ3) is 6.23. The van der Waals surface area contributed by atoms with Gasteiger partial charge in [-0.05, 0) is 17.3 Å². The van der Waals surface area contributed by atoms with Crippen LogP contribution >= 0.6 is 0 Å². The third-order valence-corrected chi connectivity index (χ3v) is 7.32. The largest absolute Gasteiger partial charge is 0.458 e. The summed E-state index contributed by atoms with van der Waals surface area (Å²) in [6.07, 6.45) is -21.0. The number of amides is 1. The molecule has 0 aliphatic rings. The normalized spacial score (nSPS) is 15.0. The van der Waals surface area contributed by atoms with E-state index in [2.05, 4.69) is 24.5 Å². The summed E-state index contributed by atoms with van der Waals surface area (Å²) in [6, 6.07) is 4.82. The zero-order valence-electron chi connectivity index (χ0n) is 15.6. The molecule has 0 saturated heterocycles. The highest BCUT2D eigenvalue weighted by Gasteiger charge is 2.68. The monoisotopic (exact) mass is 477 g/mol. The minimum absolute atomic E-state index is 0.380. The predicted octanol–water partition coefficient (Wildman–Crippen LogP) is 5.25. The Hall–Kier alpha value is -2.54. The van der Waals surface area contributed by atoms with Gasteiger partial charge in [0.05, 0.1) is 0 Å². The number of nitrogens with one attached hydrogen (secondary N) is 1. The van der Waals surface area contributed by atoms with Gasteiger partial charge in [-0.1, -0.05) is 29.2 Å². The molecule has 172 valence electrons. The molecule has 0 saturated carbocycles. The quantitative estimate of drug-likeness (QED) is 0.390. The summed E-state index contributed by atoms with van der Waals surface area (Å²) in [5.41, 5.74) is 3.96. The average Bonchev–Trinajstić information content (AvgIpc) is 2.60. The summed E-state index contributed by atoms with van der Waals surface area (Å²) >= 11 is 0. The second-order valence-electron chi connectivity index (χ2n) is 6.20. The Morgan fingerprint density at radius 3 is 1.90 bits per heavy atom. The number of benzene rings is 1. The van der Waals surface area contributed by atoms with E-state index in [1.54, 1.807) is 0 Å². The standard InChI is InChI=1S/C18H16F9NO2Si/c1-4-31(5-2,6-3)13-9-7-8-12(10-13)28-14(29)17(24,18(25,26)27)30-16(22,23)11-15(19,20)21/h4-10H,1-3,11H2,(H,28,29). The van der Waals surface area contributed by atoms with E-state index in [0.29, 0.717) is 5.19 Å². The van der Waals surface area contributed by atoms with Gasteiger partial charge in [-0.25, -0.2) is 0 Å². The summed E-state index contributed by atoms with van der Waals surface area (Å²) in [5.74, 6) is -8.57. The molecule has 1 aromatic rings. The Morgan fingerprint density at radius 1 is 0.968 bits per heavy atom. The van der Waals surface area contributed by atoms with E-state index in [1.165, 1.54) is 34.5 Å². The first-order chi connectivity index (χ1) is 14.0. The van der Waals surface area contributed by atoms with Crippen LogP contribution in [0.4, 0.5) is 45.2 Å². The van der Waals surface area contributed by atoms with Crippen LogP contribution in [0.25, 0.3) is 0 Å². The molecule has 0 fully saturated rings. The second-order valence-corrected chi connectivity index (χ2v) is 9.87. The van der Waals surface area contributed by atoms with Crippen molar-refractivity contribution in [3.63, 3.8) is 0 Å². The van der Waals surface area contributed by atoms with Crippen molar-refractivity contribution in [2.24, 2.45) is 0 Å². The van der Waals surface area contributed by atoms with Gasteiger partial charge in [0.25, 0.3) is 5.91 Å². The molecule has 13 heteroatoms. The van der Waals surface area contributed by atoms with Crippen molar-refractivity contribution in [2.75, 3.05) is 5.32 Å². The number of anilines is 1. The Bertz CT molecular complexity index is 829. The number of hydrogen-bond donors (Lipinski definition) is 1. The lowest BCUT2D eigenvalue weighted by Gasteiger charge is -2.30. The van der Waals surface area contributed by atoms with Crippen LogP contribution in [0.15, 0.2) is 61.1 Å². The molecule has 1 N–H and O–H groups in total. The molecule has 0 spiro atoms. The molecule has 0 aromatic heterocycles. The molecule has 1 rings (SSSR count). The minimum atomic E-state index is -6.43. The van der Waals surface area contributed by atoms with Crippen LogP contribution < -0.4 is 10.5 Å². The molecule has 1 aromatic carbocycles. The van der Waals surface area contributed by atoms with Crippen LogP contribution in [0.5, 0.6) is 0 Å². The minimum Gasteiger partial charge on any atom is -0.321 e. The van der Waals surface area contributed by atoms with Crippen molar-refractivity contribution in [1.82, 2.24) is 0 Å². The highest BCUT2D eigenvalue weighted by molar-refractivity contribution is 7.03. The highest BCUT2D eigenvalue weighted by Crippen LogP contribution is 2.43. The maximum Gasteiger partial charge on any atom is 0.458 e. The summed E-state index contributed by atoms with van der Waals surface area (Å²) in [6.45, 7) is 10.8. The fourth-order valence-electron chi connectivity index (χ4n) is 2.39. The third-order valence-electron chi connectivity index (χ3n) is 3.99. The van der Waals surface area contributed by atoms with Crippen LogP contribution in [-0.2, 0) is 9.53 Å². The Morgan fingerprint density at radius 2 is 1.48 bits per heavy atom. The maximum atomic E-state index is 14.3. The first-order valence-corrected chi connectivity index (χ1v) is 10.4. The molecular formula is C18H16F9NO2Si. The van der Waals surface area contributed by atoms with Gasteiger partial charge in [0.1, 0.15) is 6.42 Å². The number of alkyl halides is 9. The van der Waals surface area contributed by atoms with Crippen molar-refractivity contribution in [3.8, 4) is 0 Å². The number of hydrogen-bond acceptors (Lipinski definition) is 2.